The highest BCUT2D eigenvalue weighted by Crippen LogP contribution is 2.23. The third-order valence-electron chi connectivity index (χ3n) is 3.83. The molecule has 1 fully saturated rings. The van der Waals surface area contributed by atoms with E-state index in [0.29, 0.717) is 37.9 Å². The highest BCUT2D eigenvalue weighted by atomic mass is 32.1. The van der Waals surface area contributed by atoms with Crippen molar-refractivity contribution in [2.75, 3.05) is 38.8 Å². The average molecular weight is 356 g/mol. The summed E-state index contributed by atoms with van der Waals surface area (Å²) in [6, 6.07) is -0.0352. The lowest BCUT2D eigenvalue weighted by Gasteiger charge is -2.23. The lowest BCUT2D eigenvalue weighted by molar-refractivity contribution is -0.130. The highest BCUT2D eigenvalue weighted by Gasteiger charge is 2.36. The Morgan fingerprint density at radius 3 is 3.00 bits per heavy atom. The number of aromatic nitrogens is 2. The molecule has 0 unspecified atom stereocenters. The third-order valence-corrected chi connectivity index (χ3v) is 4.73. The van der Waals surface area contributed by atoms with Gasteiger partial charge in [-0.15, -0.1) is 10.2 Å². The van der Waals surface area contributed by atoms with Crippen LogP contribution in [0.15, 0.2) is 0 Å². The number of nitrogens with one attached hydrogen (secondary N) is 1. The molecule has 0 aliphatic carbocycles. The predicted molar refractivity (Wildman–Crippen MR) is 89.9 cm³/mol. The van der Waals surface area contributed by atoms with Gasteiger partial charge in [0.1, 0.15) is 5.01 Å². The second-order valence-electron chi connectivity index (χ2n) is 5.69. The molecule has 1 N–H and O–H groups in total. The molecule has 0 bridgehead atoms. The number of hydrogen-bond acceptors (Lipinski definition) is 7. The Bertz CT molecular complexity index is 565. The standard InChI is InChI=1S/C15H24N4O4S/c1-4-23-6-5-12-17-18-15(24-12)16-14(21)11-7-13(20)19(8-11)10(2)9-22-3/h10-11H,4-9H2,1-3H3,(H,16,18,21)/t10-,11+/m1/s1. The van der Waals surface area contributed by atoms with Gasteiger partial charge in [0.15, 0.2) is 0 Å². The van der Waals surface area contributed by atoms with Crippen LogP contribution in [-0.4, -0.2) is 66.4 Å². The first-order valence-electron chi connectivity index (χ1n) is 8.04. The van der Waals surface area contributed by atoms with Crippen molar-refractivity contribution in [3.05, 3.63) is 5.01 Å². The first-order valence-corrected chi connectivity index (χ1v) is 8.86. The van der Waals surface area contributed by atoms with E-state index in [1.807, 2.05) is 13.8 Å². The van der Waals surface area contributed by atoms with Gasteiger partial charge in [-0.1, -0.05) is 11.3 Å². The van der Waals surface area contributed by atoms with E-state index in [-0.39, 0.29) is 30.2 Å². The van der Waals surface area contributed by atoms with Crippen LogP contribution in [0.25, 0.3) is 0 Å². The second-order valence-corrected chi connectivity index (χ2v) is 6.75. The summed E-state index contributed by atoms with van der Waals surface area (Å²) in [4.78, 5) is 26.1. The van der Waals surface area contributed by atoms with Gasteiger partial charge in [-0.05, 0) is 13.8 Å². The van der Waals surface area contributed by atoms with E-state index >= 15 is 0 Å². The first-order chi connectivity index (χ1) is 11.5. The highest BCUT2D eigenvalue weighted by molar-refractivity contribution is 7.15. The number of nitrogens with zero attached hydrogens (tertiary/aromatic N) is 3. The monoisotopic (exact) mass is 356 g/mol. The molecular weight excluding hydrogens is 332 g/mol. The molecule has 0 saturated carbocycles. The Morgan fingerprint density at radius 2 is 2.29 bits per heavy atom. The van der Waals surface area contributed by atoms with Crippen molar-refractivity contribution in [2.24, 2.45) is 5.92 Å². The summed E-state index contributed by atoms with van der Waals surface area (Å²) in [5, 5.41) is 12.0. The van der Waals surface area contributed by atoms with Gasteiger partial charge < -0.3 is 19.7 Å². The molecular formula is C15H24N4O4S. The van der Waals surface area contributed by atoms with Crippen LogP contribution in [0.4, 0.5) is 5.13 Å². The average Bonchev–Trinajstić information content (AvgIpc) is 3.14. The molecule has 1 aromatic heterocycles. The first kappa shape index (κ1) is 18.8. The third kappa shape index (κ3) is 4.96. The van der Waals surface area contributed by atoms with Crippen molar-refractivity contribution in [3.8, 4) is 0 Å². The van der Waals surface area contributed by atoms with Crippen molar-refractivity contribution in [3.63, 3.8) is 0 Å². The molecule has 0 aromatic carbocycles. The minimum atomic E-state index is -0.368. The van der Waals surface area contributed by atoms with Crippen LogP contribution >= 0.6 is 11.3 Å². The van der Waals surface area contributed by atoms with Gasteiger partial charge in [0.05, 0.1) is 25.2 Å². The molecule has 2 rings (SSSR count). The van der Waals surface area contributed by atoms with Crippen LogP contribution in [0.5, 0.6) is 0 Å². The quantitative estimate of drug-likeness (QED) is 0.662. The van der Waals surface area contributed by atoms with Crippen molar-refractivity contribution in [2.45, 2.75) is 32.7 Å². The fraction of sp³-hybridized carbons (Fsp3) is 0.733. The summed E-state index contributed by atoms with van der Waals surface area (Å²) < 4.78 is 10.4. The van der Waals surface area contributed by atoms with E-state index in [1.165, 1.54) is 11.3 Å². The Hall–Kier alpha value is -1.58. The summed E-state index contributed by atoms with van der Waals surface area (Å²) in [5.41, 5.74) is 0. The SMILES string of the molecule is CCOCCc1nnc(NC(=O)[C@H]2CC(=O)N([C@H](C)COC)C2)s1. The maximum atomic E-state index is 12.3. The number of likely N-dealkylation sites (tertiary alicyclic amines) is 1. The Morgan fingerprint density at radius 1 is 1.50 bits per heavy atom. The normalized spacial score (nSPS) is 18.9. The number of hydrogen-bond donors (Lipinski definition) is 1. The fourth-order valence-corrected chi connectivity index (χ4v) is 3.30. The molecule has 9 heteroatoms. The number of methoxy groups -OCH3 is 1. The van der Waals surface area contributed by atoms with Gasteiger partial charge >= 0.3 is 0 Å². The van der Waals surface area contributed by atoms with Crippen molar-refractivity contribution >= 4 is 28.3 Å². The summed E-state index contributed by atoms with van der Waals surface area (Å²) in [6.45, 7) is 5.96. The molecule has 8 nitrogen and oxygen atoms in total. The number of amides is 2. The van der Waals surface area contributed by atoms with Crippen LogP contribution in [0.3, 0.4) is 0 Å². The number of ether oxygens (including phenoxy) is 2. The lowest BCUT2D eigenvalue weighted by atomic mass is 10.1. The van der Waals surface area contributed by atoms with E-state index < -0.39 is 0 Å². The molecule has 0 radical (unpaired) electrons. The van der Waals surface area contributed by atoms with Crippen LogP contribution < -0.4 is 5.32 Å². The largest absolute Gasteiger partial charge is 0.383 e. The van der Waals surface area contributed by atoms with Crippen molar-refractivity contribution in [1.29, 1.82) is 0 Å². The molecule has 24 heavy (non-hydrogen) atoms. The predicted octanol–water partition coefficient (Wildman–Crippen LogP) is 0.939. The topological polar surface area (TPSA) is 93.7 Å². The lowest BCUT2D eigenvalue weighted by Crippen LogP contribution is -2.38. The van der Waals surface area contributed by atoms with E-state index in [9.17, 15) is 9.59 Å². The van der Waals surface area contributed by atoms with E-state index in [2.05, 4.69) is 15.5 Å². The zero-order valence-electron chi connectivity index (χ0n) is 14.3. The Balaban J connectivity index is 1.85. The summed E-state index contributed by atoms with van der Waals surface area (Å²) in [6.07, 6.45) is 0.890. The van der Waals surface area contributed by atoms with Crippen molar-refractivity contribution in [1.82, 2.24) is 15.1 Å². The van der Waals surface area contributed by atoms with Crippen LogP contribution in [0.2, 0.25) is 0 Å². The molecule has 1 saturated heterocycles. The van der Waals surface area contributed by atoms with Gasteiger partial charge in [-0.2, -0.15) is 0 Å². The number of anilines is 1. The zero-order valence-corrected chi connectivity index (χ0v) is 15.1. The van der Waals surface area contributed by atoms with Crippen LogP contribution in [0.1, 0.15) is 25.3 Å². The summed E-state index contributed by atoms with van der Waals surface area (Å²) in [7, 11) is 1.60. The molecule has 134 valence electrons. The molecule has 2 amide bonds. The Labute approximate surface area is 145 Å². The van der Waals surface area contributed by atoms with Gasteiger partial charge in [-0.25, -0.2) is 0 Å². The minimum Gasteiger partial charge on any atom is -0.383 e. The zero-order chi connectivity index (χ0) is 17.5. The van der Waals surface area contributed by atoms with Crippen LogP contribution in [0, 0.1) is 5.92 Å². The minimum absolute atomic E-state index is 0.0191. The molecule has 1 aliphatic rings. The van der Waals surface area contributed by atoms with Gasteiger partial charge in [0.25, 0.3) is 0 Å². The fourth-order valence-electron chi connectivity index (χ4n) is 2.58. The number of carbonyl (C=O) groups excluding carboxylic acids is 2. The van der Waals surface area contributed by atoms with Crippen LogP contribution in [-0.2, 0) is 25.5 Å². The van der Waals surface area contributed by atoms with E-state index in [1.54, 1.807) is 12.0 Å². The molecule has 1 aromatic rings. The smallest absolute Gasteiger partial charge is 0.231 e. The van der Waals surface area contributed by atoms with E-state index in [0.717, 1.165) is 5.01 Å². The summed E-state index contributed by atoms with van der Waals surface area (Å²) >= 11 is 1.33. The molecule has 1 aliphatic heterocycles. The molecule has 2 atom stereocenters. The number of rotatable bonds is 9. The number of carbonyl (C=O) groups is 2. The molecule has 0 spiro atoms. The van der Waals surface area contributed by atoms with Gasteiger partial charge in [0, 0.05) is 33.1 Å². The van der Waals surface area contributed by atoms with Gasteiger partial charge in [0.2, 0.25) is 16.9 Å². The summed E-state index contributed by atoms with van der Waals surface area (Å²) in [5.74, 6) is -0.579. The van der Waals surface area contributed by atoms with E-state index in [4.69, 9.17) is 9.47 Å². The van der Waals surface area contributed by atoms with Crippen molar-refractivity contribution < 1.29 is 19.1 Å². The Kier molecular flexibility index (Phi) is 7.07. The maximum Gasteiger partial charge on any atom is 0.231 e. The molecule has 2 heterocycles. The maximum absolute atomic E-state index is 12.3. The second kappa shape index (κ2) is 9.05. The van der Waals surface area contributed by atoms with Gasteiger partial charge in [-0.3, -0.25) is 9.59 Å².